The molecule has 0 aliphatic heterocycles. The summed E-state index contributed by atoms with van der Waals surface area (Å²) in [6, 6.07) is 0. The zero-order chi connectivity index (χ0) is 8.97. The largest absolute Gasteiger partial charge is 0.511 e. The predicted octanol–water partition coefficient (Wildman–Crippen LogP) is 2.86. The highest BCUT2D eigenvalue weighted by Gasteiger charge is 2.08. The first kappa shape index (κ1) is 9.55. The Morgan fingerprint density at radius 3 is 2.58 bits per heavy atom. The summed E-state index contributed by atoms with van der Waals surface area (Å²) in [5.41, 5.74) is 0. The maximum absolute atomic E-state index is 9.51. The number of rotatable bonds is 2. The molecule has 0 saturated heterocycles. The van der Waals surface area contributed by atoms with Crippen LogP contribution < -0.4 is 0 Å². The highest BCUT2D eigenvalue weighted by atomic mass is 32.2. The minimum absolute atomic E-state index is 0.0232. The summed E-state index contributed by atoms with van der Waals surface area (Å²) >= 11 is 6.40. The van der Waals surface area contributed by atoms with Crippen molar-refractivity contribution >= 4 is 28.2 Å². The van der Waals surface area contributed by atoms with E-state index in [1.165, 1.54) is 11.8 Å². The zero-order valence-electron chi connectivity index (χ0n) is 6.73. The molecule has 1 aliphatic rings. The SMILES string of the molecule is CSC(=S)/C=C(\O)C1C=CC=C1. The van der Waals surface area contributed by atoms with Crippen molar-refractivity contribution in [3.63, 3.8) is 0 Å². The molecule has 64 valence electrons. The van der Waals surface area contributed by atoms with Gasteiger partial charge in [-0.2, -0.15) is 0 Å². The van der Waals surface area contributed by atoms with Gasteiger partial charge in [-0.3, -0.25) is 0 Å². The Balaban J connectivity index is 2.63. The molecule has 0 unspecified atom stereocenters. The van der Waals surface area contributed by atoms with Crippen LogP contribution in [0.15, 0.2) is 36.1 Å². The van der Waals surface area contributed by atoms with Crippen molar-refractivity contribution in [3.8, 4) is 0 Å². The third-order valence-corrected chi connectivity index (χ3v) is 2.69. The summed E-state index contributed by atoms with van der Waals surface area (Å²) in [4.78, 5) is 0. The van der Waals surface area contributed by atoms with E-state index in [4.69, 9.17) is 12.2 Å². The molecule has 0 heterocycles. The monoisotopic (exact) mass is 198 g/mol. The molecule has 0 aromatic heterocycles. The first-order valence-corrected chi connectivity index (χ1v) is 5.21. The second-order valence-corrected chi connectivity index (χ2v) is 3.93. The smallest absolute Gasteiger partial charge is 0.105 e. The quantitative estimate of drug-likeness (QED) is 0.418. The van der Waals surface area contributed by atoms with Crippen molar-refractivity contribution in [2.45, 2.75) is 0 Å². The average Bonchev–Trinajstić information content (AvgIpc) is 2.56. The molecule has 0 bridgehead atoms. The third-order valence-electron chi connectivity index (χ3n) is 1.56. The topological polar surface area (TPSA) is 20.2 Å². The molecule has 0 amide bonds. The van der Waals surface area contributed by atoms with Crippen LogP contribution in [0.2, 0.25) is 0 Å². The molecule has 0 radical (unpaired) electrons. The van der Waals surface area contributed by atoms with Crippen LogP contribution in [-0.2, 0) is 0 Å². The van der Waals surface area contributed by atoms with E-state index in [0.29, 0.717) is 9.96 Å². The molecule has 0 aromatic carbocycles. The van der Waals surface area contributed by atoms with Crippen molar-refractivity contribution < 1.29 is 5.11 Å². The number of allylic oxidation sites excluding steroid dienone is 3. The minimum atomic E-state index is 0.0232. The Bertz CT molecular complexity index is 252. The van der Waals surface area contributed by atoms with Crippen molar-refractivity contribution in [3.05, 3.63) is 36.1 Å². The van der Waals surface area contributed by atoms with Crippen LogP contribution in [0.4, 0.5) is 0 Å². The predicted molar refractivity (Wildman–Crippen MR) is 58.6 cm³/mol. The fourth-order valence-corrected chi connectivity index (χ4v) is 1.26. The summed E-state index contributed by atoms with van der Waals surface area (Å²) in [6.07, 6.45) is 11.2. The van der Waals surface area contributed by atoms with E-state index in [1.54, 1.807) is 6.08 Å². The number of thioether (sulfide) groups is 1. The first-order valence-electron chi connectivity index (χ1n) is 3.57. The van der Waals surface area contributed by atoms with Gasteiger partial charge in [-0.25, -0.2) is 0 Å². The van der Waals surface area contributed by atoms with Crippen LogP contribution in [0, 0.1) is 5.92 Å². The van der Waals surface area contributed by atoms with Crippen molar-refractivity contribution in [1.82, 2.24) is 0 Å². The first-order chi connectivity index (χ1) is 5.74. The fourth-order valence-electron chi connectivity index (χ4n) is 0.905. The Morgan fingerprint density at radius 1 is 1.50 bits per heavy atom. The van der Waals surface area contributed by atoms with E-state index in [2.05, 4.69) is 0 Å². The maximum Gasteiger partial charge on any atom is 0.105 e. The third kappa shape index (κ3) is 2.50. The molecule has 0 atom stereocenters. The lowest BCUT2D eigenvalue weighted by Gasteiger charge is -2.03. The van der Waals surface area contributed by atoms with Gasteiger partial charge in [0.05, 0.1) is 10.1 Å². The van der Waals surface area contributed by atoms with Crippen LogP contribution in [-0.4, -0.2) is 15.6 Å². The maximum atomic E-state index is 9.51. The van der Waals surface area contributed by atoms with E-state index in [1.807, 2.05) is 30.6 Å². The molecule has 0 saturated carbocycles. The molecular formula is C9H10OS2. The molecule has 12 heavy (non-hydrogen) atoms. The number of hydrogen-bond donors (Lipinski definition) is 1. The summed E-state index contributed by atoms with van der Waals surface area (Å²) in [7, 11) is 0. The van der Waals surface area contributed by atoms with E-state index >= 15 is 0 Å². The lowest BCUT2D eigenvalue weighted by atomic mass is 10.1. The van der Waals surface area contributed by atoms with Crippen LogP contribution >= 0.6 is 24.0 Å². The lowest BCUT2D eigenvalue weighted by molar-refractivity contribution is 0.379. The van der Waals surface area contributed by atoms with Crippen LogP contribution in [0.25, 0.3) is 0 Å². The number of aliphatic hydroxyl groups excluding tert-OH is 1. The molecule has 1 nitrogen and oxygen atoms in total. The molecule has 1 N–H and O–H groups in total. The molecular weight excluding hydrogens is 188 g/mol. The molecule has 0 spiro atoms. The van der Waals surface area contributed by atoms with Gasteiger partial charge in [0.25, 0.3) is 0 Å². The number of hydrogen-bond acceptors (Lipinski definition) is 3. The van der Waals surface area contributed by atoms with Crippen LogP contribution in [0.3, 0.4) is 0 Å². The van der Waals surface area contributed by atoms with Gasteiger partial charge in [-0.05, 0) is 6.26 Å². The zero-order valence-corrected chi connectivity index (χ0v) is 8.36. The second-order valence-electron chi connectivity index (χ2n) is 2.39. The van der Waals surface area contributed by atoms with Crippen molar-refractivity contribution in [1.29, 1.82) is 0 Å². The molecule has 1 aliphatic carbocycles. The van der Waals surface area contributed by atoms with Gasteiger partial charge < -0.3 is 5.11 Å². The lowest BCUT2D eigenvalue weighted by Crippen LogP contribution is -1.96. The van der Waals surface area contributed by atoms with Gasteiger partial charge in [-0.15, -0.1) is 11.8 Å². The Labute approximate surface area is 81.9 Å². The fraction of sp³-hybridized carbons (Fsp3) is 0.222. The van der Waals surface area contributed by atoms with Gasteiger partial charge in [0.15, 0.2) is 0 Å². The highest BCUT2D eigenvalue weighted by molar-refractivity contribution is 8.23. The molecule has 3 heteroatoms. The van der Waals surface area contributed by atoms with Crippen molar-refractivity contribution in [2.24, 2.45) is 5.92 Å². The standard InChI is InChI=1S/C9H10OS2/c1-12-9(11)6-8(10)7-4-2-3-5-7/h2-7,10H,1H3/b8-6-. The highest BCUT2D eigenvalue weighted by Crippen LogP contribution is 2.17. The second kappa shape index (κ2) is 4.48. The summed E-state index contributed by atoms with van der Waals surface area (Å²) in [6.45, 7) is 0. The minimum Gasteiger partial charge on any atom is -0.511 e. The Morgan fingerprint density at radius 2 is 2.08 bits per heavy atom. The molecule has 0 aromatic rings. The van der Waals surface area contributed by atoms with Crippen LogP contribution in [0.5, 0.6) is 0 Å². The van der Waals surface area contributed by atoms with Gasteiger partial charge in [0.2, 0.25) is 0 Å². The van der Waals surface area contributed by atoms with Gasteiger partial charge in [0.1, 0.15) is 5.76 Å². The summed E-state index contributed by atoms with van der Waals surface area (Å²) < 4.78 is 0.709. The van der Waals surface area contributed by atoms with Crippen molar-refractivity contribution in [2.75, 3.05) is 6.26 Å². The van der Waals surface area contributed by atoms with Gasteiger partial charge in [-0.1, -0.05) is 36.5 Å². The van der Waals surface area contributed by atoms with Gasteiger partial charge >= 0.3 is 0 Å². The molecule has 1 rings (SSSR count). The van der Waals surface area contributed by atoms with E-state index < -0.39 is 0 Å². The Hall–Kier alpha value is -0.540. The van der Waals surface area contributed by atoms with Crippen LogP contribution in [0.1, 0.15) is 0 Å². The van der Waals surface area contributed by atoms with E-state index in [9.17, 15) is 5.11 Å². The summed E-state index contributed by atoms with van der Waals surface area (Å²) in [5, 5.41) is 9.51. The average molecular weight is 198 g/mol. The summed E-state index contributed by atoms with van der Waals surface area (Å²) in [5.74, 6) is 0.342. The normalized spacial score (nSPS) is 17.2. The van der Waals surface area contributed by atoms with E-state index in [0.717, 1.165) is 0 Å². The molecule has 0 fully saturated rings. The number of thiocarbonyl (C=S) groups is 1. The van der Waals surface area contributed by atoms with E-state index in [-0.39, 0.29) is 5.92 Å². The van der Waals surface area contributed by atoms with Gasteiger partial charge in [0, 0.05) is 6.08 Å². The number of aliphatic hydroxyl groups is 1. The Kier molecular flexibility index (Phi) is 3.56.